The number of carbonyl (C=O) groups is 2. The highest BCUT2D eigenvalue weighted by atomic mass is 16.5. The maximum atomic E-state index is 11.5. The van der Waals surface area contributed by atoms with Gasteiger partial charge in [0.05, 0.1) is 29.7 Å². The number of hydrogen-bond acceptors (Lipinski definition) is 4. The van der Waals surface area contributed by atoms with Gasteiger partial charge in [-0.05, 0) is 19.9 Å². The quantitative estimate of drug-likeness (QED) is 0.787. The van der Waals surface area contributed by atoms with Crippen LogP contribution in [0.5, 0.6) is 0 Å². The summed E-state index contributed by atoms with van der Waals surface area (Å²) >= 11 is 0. The standard InChI is InChI=1S/C11H14N2O3/c1-4-16-11(15)10-5-9(13-8(3)14)6-12-7(10)2/h5-6H,4H2,1-3H3,(H,13,14). The number of nitrogens with zero attached hydrogens (tertiary/aromatic N) is 1. The number of esters is 1. The number of rotatable bonds is 3. The molecule has 16 heavy (non-hydrogen) atoms. The third kappa shape index (κ3) is 3.05. The van der Waals surface area contributed by atoms with Gasteiger partial charge in [-0.25, -0.2) is 4.79 Å². The van der Waals surface area contributed by atoms with Gasteiger partial charge in [0.2, 0.25) is 5.91 Å². The number of nitrogens with one attached hydrogen (secondary N) is 1. The Morgan fingerprint density at radius 3 is 2.75 bits per heavy atom. The normalized spacial score (nSPS) is 9.69. The van der Waals surface area contributed by atoms with Crippen molar-refractivity contribution in [3.8, 4) is 0 Å². The van der Waals surface area contributed by atoms with Crippen molar-refractivity contribution in [2.24, 2.45) is 0 Å². The number of aryl methyl sites for hydroxylation is 1. The number of aromatic nitrogens is 1. The van der Waals surface area contributed by atoms with Crippen LogP contribution in [0.15, 0.2) is 12.3 Å². The Morgan fingerprint density at radius 1 is 1.50 bits per heavy atom. The first-order valence-electron chi connectivity index (χ1n) is 4.96. The highest BCUT2D eigenvalue weighted by Gasteiger charge is 2.12. The van der Waals surface area contributed by atoms with Gasteiger partial charge in [0.15, 0.2) is 0 Å². The first-order chi connectivity index (χ1) is 7.54. The molecule has 0 aliphatic rings. The maximum Gasteiger partial charge on any atom is 0.340 e. The molecule has 1 aromatic heterocycles. The van der Waals surface area contributed by atoms with Gasteiger partial charge in [-0.15, -0.1) is 0 Å². The Morgan fingerprint density at radius 2 is 2.19 bits per heavy atom. The van der Waals surface area contributed by atoms with E-state index in [4.69, 9.17) is 4.74 Å². The van der Waals surface area contributed by atoms with Crippen molar-refractivity contribution in [1.82, 2.24) is 4.98 Å². The molecule has 0 unspecified atom stereocenters. The highest BCUT2D eigenvalue weighted by molar-refractivity contribution is 5.94. The highest BCUT2D eigenvalue weighted by Crippen LogP contribution is 2.13. The fraction of sp³-hybridized carbons (Fsp3) is 0.364. The largest absolute Gasteiger partial charge is 0.462 e. The predicted molar refractivity (Wildman–Crippen MR) is 59.2 cm³/mol. The van der Waals surface area contributed by atoms with Crippen LogP contribution in [0.1, 0.15) is 29.9 Å². The molecule has 0 aliphatic carbocycles. The van der Waals surface area contributed by atoms with Crippen molar-refractivity contribution in [3.63, 3.8) is 0 Å². The van der Waals surface area contributed by atoms with Crippen LogP contribution in [0.2, 0.25) is 0 Å². The zero-order valence-corrected chi connectivity index (χ0v) is 9.53. The second-order valence-electron chi connectivity index (χ2n) is 3.26. The van der Waals surface area contributed by atoms with E-state index in [1.807, 2.05) is 0 Å². The number of hydrogen-bond donors (Lipinski definition) is 1. The van der Waals surface area contributed by atoms with Crippen molar-refractivity contribution in [2.75, 3.05) is 11.9 Å². The SMILES string of the molecule is CCOC(=O)c1cc(NC(C)=O)cnc1C. The van der Waals surface area contributed by atoms with Gasteiger partial charge < -0.3 is 10.1 Å². The van der Waals surface area contributed by atoms with Crippen molar-refractivity contribution >= 4 is 17.6 Å². The van der Waals surface area contributed by atoms with Crippen molar-refractivity contribution in [3.05, 3.63) is 23.5 Å². The zero-order valence-electron chi connectivity index (χ0n) is 9.53. The molecule has 1 rings (SSSR count). The predicted octanol–water partition coefficient (Wildman–Crippen LogP) is 1.53. The molecule has 0 saturated heterocycles. The van der Waals surface area contributed by atoms with Gasteiger partial charge in [-0.3, -0.25) is 9.78 Å². The molecule has 1 amide bonds. The minimum Gasteiger partial charge on any atom is -0.462 e. The molecule has 0 fully saturated rings. The smallest absolute Gasteiger partial charge is 0.340 e. The van der Waals surface area contributed by atoms with E-state index >= 15 is 0 Å². The third-order valence-electron chi connectivity index (χ3n) is 1.90. The van der Waals surface area contributed by atoms with E-state index in [1.54, 1.807) is 19.9 Å². The molecule has 0 atom stereocenters. The fourth-order valence-electron chi connectivity index (χ4n) is 1.22. The number of carbonyl (C=O) groups excluding carboxylic acids is 2. The Labute approximate surface area is 93.8 Å². The summed E-state index contributed by atoms with van der Waals surface area (Å²) < 4.78 is 4.88. The lowest BCUT2D eigenvalue weighted by Crippen LogP contribution is -2.11. The Hall–Kier alpha value is -1.91. The van der Waals surface area contributed by atoms with E-state index in [2.05, 4.69) is 10.3 Å². The van der Waals surface area contributed by atoms with Gasteiger partial charge >= 0.3 is 5.97 Å². The summed E-state index contributed by atoms with van der Waals surface area (Å²) in [6.07, 6.45) is 1.50. The van der Waals surface area contributed by atoms with Gasteiger partial charge in [-0.2, -0.15) is 0 Å². The Balaban J connectivity index is 2.98. The van der Waals surface area contributed by atoms with Crippen LogP contribution in [-0.2, 0) is 9.53 Å². The molecule has 0 aliphatic heterocycles. The summed E-state index contributed by atoms with van der Waals surface area (Å²) in [5.74, 6) is -0.639. The molecule has 0 aromatic carbocycles. The summed E-state index contributed by atoms with van der Waals surface area (Å²) in [5, 5.41) is 2.56. The van der Waals surface area contributed by atoms with Gasteiger partial charge in [0, 0.05) is 6.92 Å². The van der Waals surface area contributed by atoms with Gasteiger partial charge in [0.1, 0.15) is 0 Å². The first kappa shape index (κ1) is 12.2. The van der Waals surface area contributed by atoms with Crippen molar-refractivity contribution in [1.29, 1.82) is 0 Å². The topological polar surface area (TPSA) is 68.3 Å². The monoisotopic (exact) mass is 222 g/mol. The van der Waals surface area contributed by atoms with E-state index in [0.717, 1.165) is 0 Å². The lowest BCUT2D eigenvalue weighted by Gasteiger charge is -2.07. The maximum absolute atomic E-state index is 11.5. The molecule has 0 spiro atoms. The number of amides is 1. The summed E-state index contributed by atoms with van der Waals surface area (Å²) in [4.78, 5) is 26.4. The minimum absolute atomic E-state index is 0.208. The molecule has 0 bridgehead atoms. The van der Waals surface area contributed by atoms with Crippen LogP contribution in [0.4, 0.5) is 5.69 Å². The molecule has 0 radical (unpaired) electrons. The number of pyridine rings is 1. The van der Waals surface area contributed by atoms with Gasteiger partial charge in [-0.1, -0.05) is 0 Å². The molecular weight excluding hydrogens is 208 g/mol. The van der Waals surface area contributed by atoms with E-state index in [0.29, 0.717) is 23.6 Å². The minimum atomic E-state index is -0.431. The van der Waals surface area contributed by atoms with Crippen LogP contribution in [-0.4, -0.2) is 23.5 Å². The molecular formula is C11H14N2O3. The second kappa shape index (κ2) is 5.25. The summed E-state index contributed by atoms with van der Waals surface area (Å²) in [7, 11) is 0. The van der Waals surface area contributed by atoms with Crippen molar-refractivity contribution < 1.29 is 14.3 Å². The summed E-state index contributed by atoms with van der Waals surface area (Å²) in [6.45, 7) is 5.15. The average Bonchev–Trinajstić information content (AvgIpc) is 2.20. The molecule has 1 heterocycles. The van der Waals surface area contributed by atoms with Crippen molar-refractivity contribution in [2.45, 2.75) is 20.8 Å². The molecule has 86 valence electrons. The Bertz CT molecular complexity index is 416. The van der Waals surface area contributed by atoms with Crippen LogP contribution < -0.4 is 5.32 Å². The fourth-order valence-corrected chi connectivity index (χ4v) is 1.22. The van der Waals surface area contributed by atoms with E-state index in [-0.39, 0.29) is 5.91 Å². The second-order valence-corrected chi connectivity index (χ2v) is 3.26. The van der Waals surface area contributed by atoms with Crippen LogP contribution in [0, 0.1) is 6.92 Å². The van der Waals surface area contributed by atoms with E-state index in [9.17, 15) is 9.59 Å². The average molecular weight is 222 g/mol. The lowest BCUT2D eigenvalue weighted by molar-refractivity contribution is -0.114. The zero-order chi connectivity index (χ0) is 12.1. The van der Waals surface area contributed by atoms with Crippen LogP contribution in [0.3, 0.4) is 0 Å². The van der Waals surface area contributed by atoms with E-state index in [1.165, 1.54) is 13.1 Å². The number of anilines is 1. The molecule has 0 saturated carbocycles. The summed E-state index contributed by atoms with van der Waals surface area (Å²) in [6, 6.07) is 1.56. The van der Waals surface area contributed by atoms with E-state index < -0.39 is 5.97 Å². The lowest BCUT2D eigenvalue weighted by atomic mass is 10.2. The molecule has 5 nitrogen and oxygen atoms in total. The molecule has 1 N–H and O–H groups in total. The summed E-state index contributed by atoms with van der Waals surface area (Å²) in [5.41, 5.74) is 1.43. The Kier molecular flexibility index (Phi) is 3.99. The molecule has 1 aromatic rings. The van der Waals surface area contributed by atoms with Crippen LogP contribution in [0.25, 0.3) is 0 Å². The van der Waals surface area contributed by atoms with Gasteiger partial charge in [0.25, 0.3) is 0 Å². The van der Waals surface area contributed by atoms with Crippen LogP contribution >= 0.6 is 0 Å². The number of ether oxygens (including phenoxy) is 1. The first-order valence-corrected chi connectivity index (χ1v) is 4.96. The molecule has 5 heteroatoms. The third-order valence-corrected chi connectivity index (χ3v) is 1.90.